The van der Waals surface area contributed by atoms with Crippen LogP contribution in [0.25, 0.3) is 0 Å². The second-order valence-electron chi connectivity index (χ2n) is 7.24. The summed E-state index contributed by atoms with van der Waals surface area (Å²) in [6.45, 7) is 6.85. The number of piperidine rings is 1. The van der Waals surface area contributed by atoms with E-state index in [1.165, 1.54) is 4.90 Å². The van der Waals surface area contributed by atoms with E-state index in [4.69, 9.17) is 4.74 Å². The van der Waals surface area contributed by atoms with Crippen LogP contribution in [0.5, 0.6) is 0 Å². The van der Waals surface area contributed by atoms with Crippen LogP contribution in [0.15, 0.2) is 0 Å². The van der Waals surface area contributed by atoms with Crippen LogP contribution in [-0.2, 0) is 14.3 Å². The molecule has 2 saturated heterocycles. The van der Waals surface area contributed by atoms with Crippen molar-refractivity contribution < 1.29 is 24.2 Å². The number of carbonyl (C=O) groups excluding carboxylic acids is 2. The van der Waals surface area contributed by atoms with E-state index in [1.807, 2.05) is 0 Å². The zero-order valence-electron chi connectivity index (χ0n) is 14.1. The number of hydrogen-bond acceptors (Lipinski definition) is 4. The molecule has 0 aromatic heterocycles. The number of carbonyl (C=O) groups is 3. The summed E-state index contributed by atoms with van der Waals surface area (Å²) >= 11 is 0. The second-order valence-corrected chi connectivity index (χ2v) is 7.24. The van der Waals surface area contributed by atoms with Gasteiger partial charge in [0.05, 0.1) is 5.92 Å². The molecule has 0 saturated carbocycles. The molecule has 2 amide bonds. The van der Waals surface area contributed by atoms with Gasteiger partial charge in [-0.15, -0.1) is 0 Å². The van der Waals surface area contributed by atoms with Gasteiger partial charge in [0, 0.05) is 19.6 Å². The van der Waals surface area contributed by atoms with Crippen LogP contribution in [0.2, 0.25) is 0 Å². The Morgan fingerprint density at radius 1 is 1.04 bits per heavy atom. The number of carboxylic acid groups (broad SMARTS) is 1. The smallest absolute Gasteiger partial charge is 0.411 e. The fourth-order valence-electron chi connectivity index (χ4n) is 3.26. The minimum absolute atomic E-state index is 0.150. The van der Waals surface area contributed by atoms with Gasteiger partial charge in [0.15, 0.2) is 0 Å². The van der Waals surface area contributed by atoms with Crippen molar-refractivity contribution in [3.05, 3.63) is 0 Å². The molecule has 130 valence electrons. The molecule has 0 aromatic rings. The largest absolute Gasteiger partial charge is 0.480 e. The normalized spacial score (nSPS) is 25.3. The summed E-state index contributed by atoms with van der Waals surface area (Å²) in [6.07, 6.45) is 2.33. The van der Waals surface area contributed by atoms with Gasteiger partial charge < -0.3 is 14.7 Å². The molecule has 7 nitrogen and oxygen atoms in total. The van der Waals surface area contributed by atoms with Gasteiger partial charge in [0.1, 0.15) is 11.6 Å². The van der Waals surface area contributed by atoms with Crippen molar-refractivity contribution >= 4 is 18.0 Å². The number of aliphatic carboxylic acids is 1. The zero-order valence-corrected chi connectivity index (χ0v) is 14.1. The summed E-state index contributed by atoms with van der Waals surface area (Å²) in [6, 6.07) is -1.15. The Hall–Kier alpha value is -1.79. The van der Waals surface area contributed by atoms with Crippen molar-refractivity contribution in [3.63, 3.8) is 0 Å². The van der Waals surface area contributed by atoms with Crippen LogP contribution in [0.3, 0.4) is 0 Å². The molecule has 0 aromatic carbocycles. The molecule has 23 heavy (non-hydrogen) atoms. The van der Waals surface area contributed by atoms with Gasteiger partial charge in [-0.25, -0.2) is 9.59 Å². The summed E-state index contributed by atoms with van der Waals surface area (Å²) in [5, 5.41) is 9.60. The lowest BCUT2D eigenvalue weighted by atomic mass is 9.88. The van der Waals surface area contributed by atoms with Crippen LogP contribution in [0.4, 0.5) is 4.79 Å². The fraction of sp³-hybridized carbons (Fsp3) is 0.812. The van der Waals surface area contributed by atoms with Crippen molar-refractivity contribution in [2.24, 2.45) is 5.92 Å². The topological polar surface area (TPSA) is 87.2 Å². The minimum Gasteiger partial charge on any atom is -0.480 e. The van der Waals surface area contributed by atoms with E-state index < -0.39 is 29.6 Å². The maximum Gasteiger partial charge on any atom is 0.411 e. The number of rotatable bonds is 2. The van der Waals surface area contributed by atoms with E-state index in [9.17, 15) is 19.5 Å². The highest BCUT2D eigenvalue weighted by molar-refractivity contribution is 5.89. The Morgan fingerprint density at radius 3 is 2.17 bits per heavy atom. The highest BCUT2D eigenvalue weighted by Crippen LogP contribution is 2.28. The molecule has 2 fully saturated rings. The summed E-state index contributed by atoms with van der Waals surface area (Å²) in [5.41, 5.74) is -0.702. The standard InChI is InChI=1S/C16H26N2O5/c1-16(2,3)23-15(22)18-10-6-7-11(12(18)14(20)21)13(19)17-8-4-5-9-17/h11-12H,4-10H2,1-3H3,(H,20,21). The zero-order chi connectivity index (χ0) is 17.2. The molecular weight excluding hydrogens is 300 g/mol. The SMILES string of the molecule is CC(C)(C)OC(=O)N1CCCC(C(=O)N2CCCC2)C1C(=O)O. The molecule has 2 aliphatic rings. The molecular formula is C16H26N2O5. The van der Waals surface area contributed by atoms with Gasteiger partial charge in [-0.3, -0.25) is 9.69 Å². The van der Waals surface area contributed by atoms with Crippen molar-refractivity contribution in [2.45, 2.75) is 58.1 Å². The van der Waals surface area contributed by atoms with Gasteiger partial charge in [-0.2, -0.15) is 0 Å². The molecule has 0 aliphatic carbocycles. The van der Waals surface area contributed by atoms with E-state index >= 15 is 0 Å². The molecule has 0 spiro atoms. The summed E-state index contributed by atoms with van der Waals surface area (Å²) in [5.74, 6) is -1.98. The van der Waals surface area contributed by atoms with Crippen molar-refractivity contribution in [1.82, 2.24) is 9.80 Å². The lowest BCUT2D eigenvalue weighted by Gasteiger charge is -2.39. The van der Waals surface area contributed by atoms with Crippen molar-refractivity contribution in [2.75, 3.05) is 19.6 Å². The maximum absolute atomic E-state index is 12.7. The highest BCUT2D eigenvalue weighted by atomic mass is 16.6. The number of amides is 2. The average Bonchev–Trinajstić information content (AvgIpc) is 2.97. The first-order chi connectivity index (χ1) is 10.7. The molecule has 2 rings (SSSR count). The molecule has 2 heterocycles. The van der Waals surface area contributed by atoms with Crippen LogP contribution in [0, 0.1) is 5.92 Å². The quantitative estimate of drug-likeness (QED) is 0.834. The maximum atomic E-state index is 12.7. The Bertz CT molecular complexity index is 479. The second kappa shape index (κ2) is 6.76. The van der Waals surface area contributed by atoms with E-state index in [0.29, 0.717) is 32.5 Å². The highest BCUT2D eigenvalue weighted by Gasteiger charge is 2.45. The molecule has 2 aliphatic heterocycles. The third kappa shape index (κ3) is 4.14. The average molecular weight is 326 g/mol. The molecule has 0 bridgehead atoms. The Kier molecular flexibility index (Phi) is 5.16. The first kappa shape index (κ1) is 17.6. The van der Waals surface area contributed by atoms with Gasteiger partial charge in [0.25, 0.3) is 0 Å². The molecule has 1 N–H and O–H groups in total. The van der Waals surface area contributed by atoms with Crippen LogP contribution in [-0.4, -0.2) is 64.2 Å². The third-order valence-corrected chi connectivity index (χ3v) is 4.25. The Morgan fingerprint density at radius 2 is 1.65 bits per heavy atom. The van der Waals surface area contributed by atoms with Crippen molar-refractivity contribution in [1.29, 1.82) is 0 Å². The summed E-state index contributed by atoms with van der Waals surface area (Å²) in [7, 11) is 0. The fourth-order valence-corrected chi connectivity index (χ4v) is 3.26. The molecule has 2 unspecified atom stereocenters. The van der Waals surface area contributed by atoms with Gasteiger partial charge in [-0.1, -0.05) is 0 Å². The van der Waals surface area contributed by atoms with Crippen molar-refractivity contribution in [3.8, 4) is 0 Å². The van der Waals surface area contributed by atoms with Crippen LogP contribution < -0.4 is 0 Å². The summed E-state index contributed by atoms with van der Waals surface area (Å²) in [4.78, 5) is 39.7. The Balaban J connectivity index is 2.17. The number of ether oxygens (including phenoxy) is 1. The number of hydrogen-bond donors (Lipinski definition) is 1. The first-order valence-corrected chi connectivity index (χ1v) is 8.22. The van der Waals surface area contributed by atoms with Crippen LogP contribution in [0.1, 0.15) is 46.5 Å². The lowest BCUT2D eigenvalue weighted by Crippen LogP contribution is -2.57. The van der Waals surface area contributed by atoms with Gasteiger partial charge >= 0.3 is 12.1 Å². The predicted octanol–water partition coefficient (Wildman–Crippen LogP) is 1.71. The number of nitrogens with zero attached hydrogens (tertiary/aromatic N) is 2. The van der Waals surface area contributed by atoms with Crippen LogP contribution >= 0.6 is 0 Å². The third-order valence-electron chi connectivity index (χ3n) is 4.25. The minimum atomic E-state index is -1.15. The van der Waals surface area contributed by atoms with Gasteiger partial charge in [0.2, 0.25) is 5.91 Å². The number of carboxylic acids is 1. The van der Waals surface area contributed by atoms with E-state index in [1.54, 1.807) is 25.7 Å². The lowest BCUT2D eigenvalue weighted by molar-refractivity contribution is -0.153. The van der Waals surface area contributed by atoms with E-state index in [-0.39, 0.29) is 5.91 Å². The molecule has 2 atom stereocenters. The number of likely N-dealkylation sites (tertiary alicyclic amines) is 2. The first-order valence-electron chi connectivity index (χ1n) is 8.22. The van der Waals surface area contributed by atoms with Gasteiger partial charge in [-0.05, 0) is 46.5 Å². The monoisotopic (exact) mass is 326 g/mol. The molecule has 7 heteroatoms. The van der Waals surface area contributed by atoms with E-state index in [0.717, 1.165) is 12.8 Å². The summed E-state index contributed by atoms with van der Waals surface area (Å²) < 4.78 is 5.31. The predicted molar refractivity (Wildman–Crippen MR) is 82.9 cm³/mol. The van der Waals surface area contributed by atoms with E-state index in [2.05, 4.69) is 0 Å². The molecule has 0 radical (unpaired) electrons. The Labute approximate surface area is 136 Å².